The average Bonchev–Trinajstić information content (AvgIpc) is 2.98. The third-order valence-corrected chi connectivity index (χ3v) is 6.28. The highest BCUT2D eigenvalue weighted by atomic mass is 19.1. The van der Waals surface area contributed by atoms with Gasteiger partial charge in [0.15, 0.2) is 0 Å². The molecular formula is C24H24F2N2O4. The number of rotatable bonds is 5. The molecule has 2 aromatic carbocycles. The van der Waals surface area contributed by atoms with Gasteiger partial charge in [0.1, 0.15) is 23.5 Å². The molecule has 0 aromatic heterocycles. The smallest absolute Gasteiger partial charge is 0.240 e. The second kappa shape index (κ2) is 8.68. The first kappa shape index (κ1) is 21.9. The van der Waals surface area contributed by atoms with Crippen molar-refractivity contribution < 1.29 is 27.9 Å². The molecule has 8 heteroatoms. The molecule has 2 aliphatic rings. The van der Waals surface area contributed by atoms with E-state index >= 15 is 0 Å². The van der Waals surface area contributed by atoms with Crippen molar-refractivity contribution in [3.63, 3.8) is 0 Å². The fourth-order valence-corrected chi connectivity index (χ4v) is 4.51. The van der Waals surface area contributed by atoms with Crippen LogP contribution in [-0.4, -0.2) is 53.8 Å². The Kier molecular flexibility index (Phi) is 5.95. The lowest BCUT2D eigenvalue weighted by Crippen LogP contribution is -2.46. The van der Waals surface area contributed by atoms with Crippen LogP contribution in [0.1, 0.15) is 31.2 Å². The zero-order valence-corrected chi connectivity index (χ0v) is 17.7. The Bertz CT molecular complexity index is 1050. The number of amides is 3. The van der Waals surface area contributed by atoms with E-state index in [9.17, 15) is 23.2 Å². The molecule has 0 N–H and O–H groups in total. The second-order valence-electron chi connectivity index (χ2n) is 8.33. The van der Waals surface area contributed by atoms with Gasteiger partial charge in [-0.25, -0.2) is 8.78 Å². The van der Waals surface area contributed by atoms with Crippen LogP contribution in [0.3, 0.4) is 0 Å². The fraction of sp³-hybridized carbons (Fsp3) is 0.375. The van der Waals surface area contributed by atoms with Gasteiger partial charge in [-0.2, -0.15) is 0 Å². The molecule has 6 nitrogen and oxygen atoms in total. The number of likely N-dealkylation sites (N-methyl/N-ethyl adjacent to an activating group) is 1. The van der Waals surface area contributed by atoms with Crippen molar-refractivity contribution in [2.75, 3.05) is 20.1 Å². The highest BCUT2D eigenvalue weighted by molar-refractivity contribution is 6.10. The maximum absolute atomic E-state index is 14.6. The van der Waals surface area contributed by atoms with E-state index in [0.29, 0.717) is 31.7 Å². The number of hydrogen-bond donors (Lipinski definition) is 0. The molecule has 4 rings (SSSR count). The summed E-state index contributed by atoms with van der Waals surface area (Å²) in [5.74, 6) is -1.87. The molecule has 0 radical (unpaired) electrons. The van der Waals surface area contributed by atoms with Crippen molar-refractivity contribution in [2.24, 2.45) is 0 Å². The number of halogens is 2. The van der Waals surface area contributed by atoms with Crippen LogP contribution in [0.25, 0.3) is 0 Å². The van der Waals surface area contributed by atoms with Gasteiger partial charge in [-0.15, -0.1) is 0 Å². The summed E-state index contributed by atoms with van der Waals surface area (Å²) in [4.78, 5) is 41.0. The molecule has 2 aromatic rings. The van der Waals surface area contributed by atoms with Crippen molar-refractivity contribution in [2.45, 2.75) is 37.2 Å². The van der Waals surface area contributed by atoms with Gasteiger partial charge in [-0.1, -0.05) is 24.3 Å². The lowest BCUT2D eigenvalue weighted by atomic mass is 9.75. The molecule has 0 saturated carbocycles. The summed E-state index contributed by atoms with van der Waals surface area (Å²) >= 11 is 0. The van der Waals surface area contributed by atoms with Crippen LogP contribution in [0.5, 0.6) is 5.75 Å². The van der Waals surface area contributed by atoms with Gasteiger partial charge in [0.2, 0.25) is 17.7 Å². The predicted octanol–water partition coefficient (Wildman–Crippen LogP) is 3.05. The van der Waals surface area contributed by atoms with E-state index in [2.05, 4.69) is 0 Å². The Hall–Kier alpha value is -3.29. The van der Waals surface area contributed by atoms with Crippen LogP contribution in [-0.2, 0) is 19.8 Å². The largest absolute Gasteiger partial charge is 0.490 e. The van der Waals surface area contributed by atoms with E-state index in [1.165, 1.54) is 37.4 Å². The maximum atomic E-state index is 14.6. The minimum absolute atomic E-state index is 0.0698. The zero-order valence-electron chi connectivity index (χ0n) is 17.7. The van der Waals surface area contributed by atoms with Gasteiger partial charge in [0.05, 0.1) is 5.41 Å². The van der Waals surface area contributed by atoms with Crippen molar-refractivity contribution >= 4 is 17.7 Å². The highest BCUT2D eigenvalue weighted by Gasteiger charge is 2.54. The fourth-order valence-electron chi connectivity index (χ4n) is 4.51. The van der Waals surface area contributed by atoms with E-state index in [1.807, 2.05) is 0 Å². The SMILES string of the molecule is CN1C(=O)CC(CC(=O)N2CCC(Oc3cccc(F)c3)CC2)(c2ccccc2F)C1=O. The van der Waals surface area contributed by atoms with Crippen molar-refractivity contribution in [1.29, 1.82) is 0 Å². The minimum atomic E-state index is -1.54. The number of piperidine rings is 1. The summed E-state index contributed by atoms with van der Waals surface area (Å²) in [7, 11) is 1.35. The second-order valence-corrected chi connectivity index (χ2v) is 8.33. The van der Waals surface area contributed by atoms with E-state index < -0.39 is 23.0 Å². The summed E-state index contributed by atoms with van der Waals surface area (Å²) in [6.45, 7) is 0.786. The van der Waals surface area contributed by atoms with Crippen LogP contribution in [0.2, 0.25) is 0 Å². The van der Waals surface area contributed by atoms with Crippen molar-refractivity contribution in [1.82, 2.24) is 9.80 Å². The number of ether oxygens (including phenoxy) is 1. The molecule has 0 aliphatic carbocycles. The summed E-state index contributed by atoms with van der Waals surface area (Å²) in [5, 5.41) is 0. The van der Waals surface area contributed by atoms with Crippen LogP contribution in [0, 0.1) is 11.6 Å². The molecule has 2 saturated heterocycles. The Morgan fingerprint density at radius 3 is 2.44 bits per heavy atom. The standard InChI is InChI=1S/C24H24F2N2O4/c1-27-21(29)14-24(23(27)31,19-7-2-3-8-20(19)26)15-22(30)28-11-9-17(10-12-28)32-18-6-4-5-16(25)13-18/h2-8,13,17H,9-12,14-15H2,1H3. The molecule has 0 bridgehead atoms. The first-order valence-corrected chi connectivity index (χ1v) is 10.6. The average molecular weight is 442 g/mol. The first-order valence-electron chi connectivity index (χ1n) is 10.6. The molecule has 2 fully saturated rings. The van der Waals surface area contributed by atoms with Crippen molar-refractivity contribution in [3.05, 3.63) is 65.7 Å². The van der Waals surface area contributed by atoms with Crippen LogP contribution < -0.4 is 4.74 Å². The molecule has 3 amide bonds. The number of likely N-dealkylation sites (tertiary alicyclic amines) is 2. The number of nitrogens with zero attached hydrogens (tertiary/aromatic N) is 2. The van der Waals surface area contributed by atoms with Gasteiger partial charge in [-0.05, 0) is 18.2 Å². The van der Waals surface area contributed by atoms with Crippen LogP contribution in [0.4, 0.5) is 8.78 Å². The maximum Gasteiger partial charge on any atom is 0.240 e. The van der Waals surface area contributed by atoms with Crippen molar-refractivity contribution in [3.8, 4) is 5.75 Å². The third-order valence-electron chi connectivity index (χ3n) is 6.28. The Labute approximate surface area is 184 Å². The topological polar surface area (TPSA) is 66.9 Å². The summed E-state index contributed by atoms with van der Waals surface area (Å²) in [6, 6.07) is 11.7. The molecule has 1 unspecified atom stereocenters. The quantitative estimate of drug-likeness (QED) is 0.668. The lowest BCUT2D eigenvalue weighted by Gasteiger charge is -2.35. The molecule has 168 valence electrons. The van der Waals surface area contributed by atoms with Gasteiger partial charge in [0, 0.05) is 57.5 Å². The van der Waals surface area contributed by atoms with E-state index in [4.69, 9.17) is 4.74 Å². The third kappa shape index (κ3) is 4.09. The molecule has 2 heterocycles. The monoisotopic (exact) mass is 442 g/mol. The molecule has 32 heavy (non-hydrogen) atoms. The van der Waals surface area contributed by atoms with Crippen LogP contribution >= 0.6 is 0 Å². The van der Waals surface area contributed by atoms with Gasteiger partial charge < -0.3 is 9.64 Å². The van der Waals surface area contributed by atoms with Gasteiger partial charge in [0.25, 0.3) is 0 Å². The molecule has 2 aliphatic heterocycles. The summed E-state index contributed by atoms with van der Waals surface area (Å²) in [5.41, 5.74) is -1.47. The Balaban J connectivity index is 1.46. The molecule has 0 spiro atoms. The molecule has 1 atom stereocenters. The van der Waals surface area contributed by atoms with Gasteiger partial charge in [-0.3, -0.25) is 19.3 Å². The van der Waals surface area contributed by atoms with E-state index in [1.54, 1.807) is 23.1 Å². The lowest BCUT2D eigenvalue weighted by molar-refractivity contribution is -0.142. The normalized spacial score (nSPS) is 21.8. The number of imide groups is 1. The highest BCUT2D eigenvalue weighted by Crippen LogP contribution is 2.41. The number of hydrogen-bond acceptors (Lipinski definition) is 4. The Morgan fingerprint density at radius 2 is 1.81 bits per heavy atom. The Morgan fingerprint density at radius 1 is 1.09 bits per heavy atom. The number of carbonyl (C=O) groups is 3. The minimum Gasteiger partial charge on any atom is -0.490 e. The summed E-state index contributed by atoms with van der Waals surface area (Å²) < 4.78 is 33.8. The number of benzene rings is 2. The number of carbonyl (C=O) groups excluding carboxylic acids is 3. The van der Waals surface area contributed by atoms with E-state index in [-0.39, 0.29) is 36.2 Å². The predicted molar refractivity (Wildman–Crippen MR) is 112 cm³/mol. The van der Waals surface area contributed by atoms with Gasteiger partial charge >= 0.3 is 0 Å². The zero-order chi connectivity index (χ0) is 22.9. The summed E-state index contributed by atoms with van der Waals surface area (Å²) in [6.07, 6.45) is 0.401. The van der Waals surface area contributed by atoms with E-state index in [0.717, 1.165) is 4.90 Å². The molecular weight excluding hydrogens is 418 g/mol. The first-order chi connectivity index (χ1) is 15.3. The van der Waals surface area contributed by atoms with Crippen LogP contribution in [0.15, 0.2) is 48.5 Å².